The molecule has 3 N–H and O–H groups in total. The van der Waals surface area contributed by atoms with Crippen molar-refractivity contribution < 1.29 is 33.4 Å². The number of amides is 1. The highest BCUT2D eigenvalue weighted by Gasteiger charge is 2.27. The summed E-state index contributed by atoms with van der Waals surface area (Å²) in [6.07, 6.45) is 1.28. The Morgan fingerprint density at radius 3 is 2.32 bits per heavy atom. The second kappa shape index (κ2) is 10.6. The first-order valence-electron chi connectivity index (χ1n) is 10.9. The fourth-order valence-corrected chi connectivity index (χ4v) is 4.26. The molecule has 0 bridgehead atoms. The van der Waals surface area contributed by atoms with E-state index in [0.717, 1.165) is 0 Å². The predicted molar refractivity (Wildman–Crippen MR) is 134 cm³/mol. The van der Waals surface area contributed by atoms with Gasteiger partial charge in [0.15, 0.2) is 5.69 Å². The predicted octanol–water partition coefficient (Wildman–Crippen LogP) is 5.51. The third-order valence-electron chi connectivity index (χ3n) is 5.78. The van der Waals surface area contributed by atoms with Crippen LogP contribution in [0.25, 0.3) is 26.9 Å². The largest absolute Gasteiger partial charge is 0.480 e. The monoisotopic (exact) mass is 535 g/mol. The van der Waals surface area contributed by atoms with E-state index in [9.17, 15) is 28.3 Å². The third kappa shape index (κ3) is 5.14. The zero-order chi connectivity index (χ0) is 27.6. The molecular formula is C27H16ClF2N3O5. The van der Waals surface area contributed by atoms with Crippen LogP contribution in [-0.2, 0) is 11.2 Å². The fourth-order valence-electron chi connectivity index (χ4n) is 3.98. The van der Waals surface area contributed by atoms with E-state index in [1.807, 2.05) is 0 Å². The number of carbonyl (C=O) groups is 3. The van der Waals surface area contributed by atoms with Crippen molar-refractivity contribution in [2.24, 2.45) is 0 Å². The van der Waals surface area contributed by atoms with Gasteiger partial charge in [-0.15, -0.1) is 0 Å². The topological polar surface area (TPSA) is 121 Å². The summed E-state index contributed by atoms with van der Waals surface area (Å²) in [6.45, 7) is 7.14. The van der Waals surface area contributed by atoms with Crippen LogP contribution in [0.3, 0.4) is 0 Å². The molecule has 0 radical (unpaired) electrons. The first kappa shape index (κ1) is 26.2. The van der Waals surface area contributed by atoms with Gasteiger partial charge in [0.1, 0.15) is 23.2 Å². The molecule has 190 valence electrons. The Morgan fingerprint density at radius 2 is 1.71 bits per heavy atom. The van der Waals surface area contributed by atoms with Crippen molar-refractivity contribution >= 4 is 46.0 Å². The minimum absolute atomic E-state index is 0.260. The summed E-state index contributed by atoms with van der Waals surface area (Å²) in [7, 11) is 0. The number of nitrogens with zero attached hydrogens (tertiary/aromatic N) is 2. The summed E-state index contributed by atoms with van der Waals surface area (Å²) in [5.74, 6) is -7.28. The number of hydrogen-bond acceptors (Lipinski definition) is 4. The SMILES string of the molecule is [C-]#[N+]c1ccc(-c2ccc(C[C@H](NC(=O)c3c(F)cc(C(=O)O)cc3F)C(=O)O)c3cccnc23)c(Cl)c1. The lowest BCUT2D eigenvalue weighted by molar-refractivity contribution is -0.139. The van der Waals surface area contributed by atoms with Crippen molar-refractivity contribution in [2.45, 2.75) is 12.5 Å². The number of fused-ring (bicyclic) bond motifs is 1. The minimum atomic E-state index is -1.59. The highest BCUT2D eigenvalue weighted by atomic mass is 35.5. The van der Waals surface area contributed by atoms with Crippen LogP contribution in [0.5, 0.6) is 0 Å². The summed E-state index contributed by atoms with van der Waals surface area (Å²) < 4.78 is 28.7. The van der Waals surface area contributed by atoms with E-state index in [1.165, 1.54) is 6.07 Å². The van der Waals surface area contributed by atoms with Gasteiger partial charge in [-0.2, -0.15) is 0 Å². The van der Waals surface area contributed by atoms with E-state index < -0.39 is 46.6 Å². The lowest BCUT2D eigenvalue weighted by Gasteiger charge is -2.18. The van der Waals surface area contributed by atoms with Crippen LogP contribution in [0.2, 0.25) is 5.02 Å². The van der Waals surface area contributed by atoms with Crippen LogP contribution in [0, 0.1) is 18.2 Å². The first-order chi connectivity index (χ1) is 18.1. The van der Waals surface area contributed by atoms with Gasteiger partial charge in [0.2, 0.25) is 0 Å². The summed E-state index contributed by atoms with van der Waals surface area (Å²) in [5, 5.41) is 21.7. The van der Waals surface area contributed by atoms with E-state index in [-0.39, 0.29) is 6.42 Å². The average molecular weight is 536 g/mol. The number of hydrogen-bond donors (Lipinski definition) is 3. The molecule has 11 heteroatoms. The number of pyridine rings is 1. The quantitative estimate of drug-likeness (QED) is 0.268. The second-order valence-electron chi connectivity index (χ2n) is 8.14. The lowest BCUT2D eigenvalue weighted by atomic mass is 9.95. The van der Waals surface area contributed by atoms with Gasteiger partial charge in [0, 0.05) is 28.6 Å². The molecule has 0 aliphatic rings. The number of carbonyl (C=O) groups excluding carboxylic acids is 1. The number of rotatable bonds is 7. The fraction of sp³-hybridized carbons (Fsp3) is 0.0741. The van der Waals surface area contributed by atoms with E-state index >= 15 is 0 Å². The van der Waals surface area contributed by atoms with Gasteiger partial charge in [0.05, 0.1) is 17.7 Å². The zero-order valence-corrected chi connectivity index (χ0v) is 20.0. The number of nitrogens with one attached hydrogen (secondary N) is 1. The third-order valence-corrected chi connectivity index (χ3v) is 6.09. The molecule has 4 rings (SSSR count). The van der Waals surface area contributed by atoms with Gasteiger partial charge >= 0.3 is 11.9 Å². The molecule has 38 heavy (non-hydrogen) atoms. The Kier molecular flexibility index (Phi) is 7.32. The van der Waals surface area contributed by atoms with Crippen molar-refractivity contribution in [1.82, 2.24) is 10.3 Å². The number of carboxylic acid groups (broad SMARTS) is 2. The summed E-state index contributed by atoms with van der Waals surface area (Å²) >= 11 is 6.39. The molecule has 4 aromatic rings. The smallest absolute Gasteiger partial charge is 0.335 e. The Morgan fingerprint density at radius 1 is 1.03 bits per heavy atom. The Hall–Kier alpha value is -4.88. The lowest BCUT2D eigenvalue weighted by Crippen LogP contribution is -2.43. The second-order valence-corrected chi connectivity index (χ2v) is 8.54. The summed E-state index contributed by atoms with van der Waals surface area (Å²) in [5.41, 5.74) is 0.755. The minimum Gasteiger partial charge on any atom is -0.480 e. The van der Waals surface area contributed by atoms with Gasteiger partial charge in [-0.1, -0.05) is 41.9 Å². The van der Waals surface area contributed by atoms with Crippen LogP contribution in [0.15, 0.2) is 60.8 Å². The number of halogens is 3. The van der Waals surface area contributed by atoms with Gasteiger partial charge in [-0.25, -0.2) is 23.2 Å². The molecule has 0 fully saturated rings. The van der Waals surface area contributed by atoms with E-state index in [4.69, 9.17) is 23.3 Å². The zero-order valence-electron chi connectivity index (χ0n) is 19.2. The molecule has 1 aromatic heterocycles. The van der Waals surface area contributed by atoms with Crippen LogP contribution in [0.4, 0.5) is 14.5 Å². The van der Waals surface area contributed by atoms with E-state index in [2.05, 4.69) is 15.1 Å². The number of aromatic carboxylic acids is 1. The number of carboxylic acids is 2. The average Bonchev–Trinajstić information content (AvgIpc) is 2.88. The van der Waals surface area contributed by atoms with Gasteiger partial charge < -0.3 is 15.5 Å². The van der Waals surface area contributed by atoms with Crippen LogP contribution in [0.1, 0.15) is 26.3 Å². The van der Waals surface area contributed by atoms with E-state index in [0.29, 0.717) is 50.4 Å². The van der Waals surface area contributed by atoms with Crippen molar-refractivity contribution in [3.63, 3.8) is 0 Å². The highest BCUT2D eigenvalue weighted by molar-refractivity contribution is 6.34. The molecule has 0 aliphatic carbocycles. The van der Waals surface area contributed by atoms with Gasteiger partial charge in [-0.3, -0.25) is 9.78 Å². The Bertz CT molecular complexity index is 1650. The standard InChI is InChI=1S/C27H16ClF2N3O5/c1-31-15-5-7-17(19(28)12-15)18-6-4-13(16-3-2-8-32-24(16)18)11-22(27(37)38)33-25(34)23-20(29)9-14(26(35)36)10-21(23)30/h2-10,12,22H,11H2,(H,33,34)(H,35,36)(H,37,38)/t22-/m0/s1. The van der Waals surface area contributed by atoms with Crippen molar-refractivity contribution in [1.29, 1.82) is 0 Å². The summed E-state index contributed by atoms with van der Waals surface area (Å²) in [6, 6.07) is 10.8. The molecule has 0 aliphatic heterocycles. The maximum absolute atomic E-state index is 14.3. The Labute approximate surface area is 218 Å². The number of aromatic nitrogens is 1. The van der Waals surface area contributed by atoms with Crippen molar-refractivity contribution in [2.75, 3.05) is 0 Å². The van der Waals surface area contributed by atoms with Crippen LogP contribution < -0.4 is 5.32 Å². The molecule has 0 spiro atoms. The normalized spacial score (nSPS) is 11.5. The molecule has 1 heterocycles. The maximum atomic E-state index is 14.3. The van der Waals surface area contributed by atoms with Crippen LogP contribution in [-0.4, -0.2) is 39.1 Å². The molecule has 1 amide bonds. The van der Waals surface area contributed by atoms with Crippen molar-refractivity contribution in [3.05, 3.63) is 106 Å². The number of benzene rings is 3. The molecule has 0 saturated heterocycles. The molecule has 0 unspecified atom stereocenters. The Balaban J connectivity index is 1.69. The molecule has 0 saturated carbocycles. The van der Waals surface area contributed by atoms with Crippen molar-refractivity contribution in [3.8, 4) is 11.1 Å². The van der Waals surface area contributed by atoms with Gasteiger partial charge in [0.25, 0.3) is 5.91 Å². The number of aliphatic carboxylic acids is 1. The molecule has 8 nitrogen and oxygen atoms in total. The summed E-state index contributed by atoms with van der Waals surface area (Å²) in [4.78, 5) is 43.3. The maximum Gasteiger partial charge on any atom is 0.335 e. The van der Waals surface area contributed by atoms with Gasteiger partial charge in [-0.05, 0) is 35.4 Å². The highest BCUT2D eigenvalue weighted by Crippen LogP contribution is 2.36. The molecule has 3 aromatic carbocycles. The van der Waals surface area contributed by atoms with Crippen LogP contribution >= 0.6 is 11.6 Å². The first-order valence-corrected chi connectivity index (χ1v) is 11.3. The molecule has 1 atom stereocenters. The van der Waals surface area contributed by atoms with E-state index in [1.54, 1.807) is 42.6 Å². The molecular weight excluding hydrogens is 520 g/mol.